The number of carbonyl (C=O) groups excluding carboxylic acids is 1. The Labute approximate surface area is 112 Å². The summed E-state index contributed by atoms with van der Waals surface area (Å²) in [4.78, 5) is 21.6. The maximum Gasteiger partial charge on any atom is 0.408 e. The van der Waals surface area contributed by atoms with Crippen molar-refractivity contribution in [2.24, 2.45) is 0 Å². The zero-order chi connectivity index (χ0) is 14.0. The molecule has 0 bridgehead atoms. The maximum atomic E-state index is 11.7. The van der Waals surface area contributed by atoms with Crippen molar-refractivity contribution in [2.45, 2.75) is 13.5 Å². The van der Waals surface area contributed by atoms with Gasteiger partial charge in [-0.05, 0) is 17.9 Å². The molecule has 0 aliphatic carbocycles. The predicted octanol–water partition coefficient (Wildman–Crippen LogP) is 1.98. The number of hydrogen-bond acceptors (Lipinski definition) is 5. The number of anilines is 1. The monoisotopic (exact) mass is 284 g/mol. The van der Waals surface area contributed by atoms with E-state index in [0.29, 0.717) is 5.69 Å². The number of nitrogens with zero attached hydrogens (tertiary/aromatic N) is 3. The fourth-order valence-corrected chi connectivity index (χ4v) is 1.65. The van der Waals surface area contributed by atoms with Gasteiger partial charge in [-0.1, -0.05) is 11.6 Å². The SMILES string of the molecule is Cc1c(Cl)c([N+](=O)[O-])nn1CC(=O)Nc1ccco1. The van der Waals surface area contributed by atoms with Crippen LogP contribution in [0.4, 0.5) is 11.7 Å². The van der Waals surface area contributed by atoms with Gasteiger partial charge in [0.05, 0.1) is 17.1 Å². The molecule has 0 aromatic carbocycles. The van der Waals surface area contributed by atoms with E-state index in [0.717, 1.165) is 0 Å². The minimum atomic E-state index is -0.698. The molecule has 0 aliphatic rings. The van der Waals surface area contributed by atoms with Gasteiger partial charge in [0.25, 0.3) is 0 Å². The van der Waals surface area contributed by atoms with Crippen LogP contribution < -0.4 is 5.32 Å². The highest BCUT2D eigenvalue weighted by atomic mass is 35.5. The van der Waals surface area contributed by atoms with E-state index in [2.05, 4.69) is 10.4 Å². The highest BCUT2D eigenvalue weighted by Gasteiger charge is 2.25. The lowest BCUT2D eigenvalue weighted by molar-refractivity contribution is -0.389. The average Bonchev–Trinajstić information content (AvgIpc) is 2.92. The minimum Gasteiger partial charge on any atom is -0.449 e. The van der Waals surface area contributed by atoms with Gasteiger partial charge in [0.1, 0.15) is 6.54 Å². The van der Waals surface area contributed by atoms with Gasteiger partial charge in [-0.25, -0.2) is 0 Å². The summed E-state index contributed by atoms with van der Waals surface area (Å²) in [5.74, 6) is -0.604. The second-order valence-corrected chi connectivity index (χ2v) is 4.04. The third-order valence-corrected chi connectivity index (χ3v) is 2.81. The predicted molar refractivity (Wildman–Crippen MR) is 66.0 cm³/mol. The summed E-state index contributed by atoms with van der Waals surface area (Å²) in [6, 6.07) is 3.19. The Kier molecular flexibility index (Phi) is 3.52. The number of hydrogen-bond donors (Lipinski definition) is 1. The average molecular weight is 285 g/mol. The molecule has 100 valence electrons. The van der Waals surface area contributed by atoms with E-state index < -0.39 is 16.6 Å². The first-order valence-electron chi connectivity index (χ1n) is 5.19. The van der Waals surface area contributed by atoms with Crippen LogP contribution in [-0.4, -0.2) is 20.6 Å². The lowest BCUT2D eigenvalue weighted by Crippen LogP contribution is -2.20. The van der Waals surface area contributed by atoms with Crippen LogP contribution in [0.25, 0.3) is 0 Å². The fourth-order valence-electron chi connectivity index (χ4n) is 1.44. The molecule has 0 saturated heterocycles. The van der Waals surface area contributed by atoms with Crippen LogP contribution in [0.15, 0.2) is 22.8 Å². The number of nitrogens with one attached hydrogen (secondary N) is 1. The molecule has 0 atom stereocenters. The Morgan fingerprint density at radius 3 is 2.95 bits per heavy atom. The third kappa shape index (κ3) is 2.74. The highest BCUT2D eigenvalue weighted by molar-refractivity contribution is 6.33. The first kappa shape index (κ1) is 13.1. The maximum absolute atomic E-state index is 11.7. The second kappa shape index (κ2) is 5.11. The molecule has 0 saturated carbocycles. The van der Waals surface area contributed by atoms with Gasteiger partial charge in [-0.2, -0.15) is 4.68 Å². The Morgan fingerprint density at radius 2 is 2.42 bits per heavy atom. The van der Waals surface area contributed by atoms with Crippen molar-refractivity contribution in [3.05, 3.63) is 39.2 Å². The van der Waals surface area contributed by atoms with E-state index in [1.807, 2.05) is 0 Å². The Bertz CT molecular complexity index is 620. The molecule has 2 aromatic heterocycles. The number of halogens is 1. The van der Waals surface area contributed by atoms with Gasteiger partial charge in [0.2, 0.25) is 5.91 Å². The zero-order valence-corrected chi connectivity index (χ0v) is 10.5. The molecule has 9 heteroatoms. The molecule has 0 fully saturated rings. The van der Waals surface area contributed by atoms with Gasteiger partial charge >= 0.3 is 5.82 Å². The van der Waals surface area contributed by atoms with Gasteiger partial charge in [-0.3, -0.25) is 10.1 Å². The summed E-state index contributed by atoms with van der Waals surface area (Å²) in [5.41, 5.74) is 0.350. The Morgan fingerprint density at radius 1 is 1.68 bits per heavy atom. The number of amides is 1. The number of aromatic nitrogens is 2. The van der Waals surface area contributed by atoms with Crippen LogP contribution in [-0.2, 0) is 11.3 Å². The molecule has 1 N–H and O–H groups in total. The standard InChI is InChI=1S/C10H9ClN4O4/c1-6-9(11)10(15(17)18)13-14(6)5-7(16)12-8-3-2-4-19-8/h2-4H,5H2,1H3,(H,12,16). The Hall–Kier alpha value is -2.35. The van der Waals surface area contributed by atoms with Crippen LogP contribution in [0.1, 0.15) is 5.69 Å². The lowest BCUT2D eigenvalue weighted by atomic mass is 10.4. The van der Waals surface area contributed by atoms with E-state index in [1.54, 1.807) is 19.1 Å². The molecule has 2 heterocycles. The summed E-state index contributed by atoms with van der Waals surface area (Å²) in [6.07, 6.45) is 1.41. The molecule has 0 aliphatic heterocycles. The van der Waals surface area contributed by atoms with E-state index in [-0.39, 0.29) is 17.5 Å². The van der Waals surface area contributed by atoms with Gasteiger partial charge in [-0.15, -0.1) is 0 Å². The van der Waals surface area contributed by atoms with E-state index in [1.165, 1.54) is 10.9 Å². The van der Waals surface area contributed by atoms with Crippen molar-refractivity contribution in [1.29, 1.82) is 0 Å². The second-order valence-electron chi connectivity index (χ2n) is 3.66. The summed E-state index contributed by atoms with van der Waals surface area (Å²) < 4.78 is 6.11. The van der Waals surface area contributed by atoms with Crippen LogP contribution in [0.3, 0.4) is 0 Å². The first-order chi connectivity index (χ1) is 8.99. The molecule has 0 unspecified atom stereocenters. The van der Waals surface area contributed by atoms with Gasteiger partial charge in [0, 0.05) is 6.07 Å². The van der Waals surface area contributed by atoms with Crippen LogP contribution in [0, 0.1) is 17.0 Å². The molecule has 1 amide bonds. The highest BCUT2D eigenvalue weighted by Crippen LogP contribution is 2.26. The van der Waals surface area contributed by atoms with Crippen molar-refractivity contribution in [1.82, 2.24) is 9.78 Å². The number of furan rings is 1. The number of carbonyl (C=O) groups is 1. The molecule has 0 radical (unpaired) electrons. The van der Waals surface area contributed by atoms with E-state index in [9.17, 15) is 14.9 Å². The van der Waals surface area contributed by atoms with Crippen LogP contribution >= 0.6 is 11.6 Å². The minimum absolute atomic E-state index is 0.0733. The topological polar surface area (TPSA) is 103 Å². The van der Waals surface area contributed by atoms with Crippen LogP contribution in [0.5, 0.6) is 0 Å². The first-order valence-corrected chi connectivity index (χ1v) is 5.57. The van der Waals surface area contributed by atoms with E-state index in [4.69, 9.17) is 16.0 Å². The van der Waals surface area contributed by atoms with Gasteiger partial charge in [0.15, 0.2) is 10.9 Å². The molecular formula is C10H9ClN4O4. The van der Waals surface area contributed by atoms with Crippen molar-refractivity contribution in [3.63, 3.8) is 0 Å². The van der Waals surface area contributed by atoms with E-state index >= 15 is 0 Å². The molecule has 8 nitrogen and oxygen atoms in total. The lowest BCUT2D eigenvalue weighted by Gasteiger charge is -2.00. The normalized spacial score (nSPS) is 10.4. The number of nitro groups is 1. The van der Waals surface area contributed by atoms with Crippen molar-refractivity contribution >= 4 is 29.2 Å². The summed E-state index contributed by atoms with van der Waals surface area (Å²) in [6.45, 7) is 1.35. The summed E-state index contributed by atoms with van der Waals surface area (Å²) in [7, 11) is 0. The van der Waals surface area contributed by atoms with Gasteiger partial charge < -0.3 is 14.5 Å². The zero-order valence-electron chi connectivity index (χ0n) is 9.79. The smallest absolute Gasteiger partial charge is 0.408 e. The Balaban J connectivity index is 2.13. The summed E-state index contributed by atoms with van der Waals surface area (Å²) in [5, 5.41) is 16.7. The van der Waals surface area contributed by atoms with Crippen molar-refractivity contribution in [2.75, 3.05) is 5.32 Å². The largest absolute Gasteiger partial charge is 0.449 e. The van der Waals surface area contributed by atoms with Crippen molar-refractivity contribution < 1.29 is 14.1 Å². The third-order valence-electron chi connectivity index (χ3n) is 2.37. The molecule has 0 spiro atoms. The number of rotatable bonds is 4. The quantitative estimate of drug-likeness (QED) is 0.683. The fraction of sp³-hybridized carbons (Fsp3) is 0.200. The molecule has 2 aromatic rings. The summed E-state index contributed by atoms with van der Waals surface area (Å²) >= 11 is 5.76. The molecule has 19 heavy (non-hydrogen) atoms. The van der Waals surface area contributed by atoms with Crippen LogP contribution in [0.2, 0.25) is 5.02 Å². The molecular weight excluding hydrogens is 276 g/mol. The van der Waals surface area contributed by atoms with Crippen molar-refractivity contribution in [3.8, 4) is 0 Å². The molecule has 2 rings (SSSR count).